The minimum absolute atomic E-state index is 0.186. The smallest absolute Gasteiger partial charge is 0.263 e. The second-order valence-electron chi connectivity index (χ2n) is 7.31. The number of nitrogens with zero attached hydrogens (tertiary/aromatic N) is 2. The zero-order valence-electron chi connectivity index (χ0n) is 15.3. The average molecular weight is 371 g/mol. The second kappa shape index (κ2) is 7.91. The molecule has 0 saturated carbocycles. The van der Waals surface area contributed by atoms with Crippen LogP contribution in [-0.4, -0.2) is 54.6 Å². The Hall–Kier alpha value is -1.69. The monoisotopic (exact) mass is 370 g/mol. The molecule has 2 fully saturated rings. The maximum absolute atomic E-state index is 12.9. The molecule has 0 unspecified atom stereocenters. The third kappa shape index (κ3) is 3.85. The van der Waals surface area contributed by atoms with Crippen LogP contribution in [0.2, 0.25) is 0 Å². The van der Waals surface area contributed by atoms with Crippen molar-refractivity contribution >= 4 is 17.2 Å². The van der Waals surface area contributed by atoms with E-state index in [9.17, 15) is 4.79 Å². The summed E-state index contributed by atoms with van der Waals surface area (Å²) in [6.45, 7) is 7.13. The normalized spacial score (nSPS) is 24.1. The van der Waals surface area contributed by atoms with E-state index in [2.05, 4.69) is 47.1 Å². The van der Waals surface area contributed by atoms with Gasteiger partial charge in [0.2, 0.25) is 0 Å². The van der Waals surface area contributed by atoms with E-state index in [4.69, 9.17) is 4.74 Å². The first-order valence-corrected chi connectivity index (χ1v) is 10.2. The Morgan fingerprint density at radius 1 is 1.19 bits per heavy atom. The van der Waals surface area contributed by atoms with E-state index < -0.39 is 0 Å². The van der Waals surface area contributed by atoms with E-state index in [0.717, 1.165) is 50.7 Å². The number of likely N-dealkylation sites (tertiary alicyclic amines) is 1. The number of carbonyl (C=O) groups is 1. The van der Waals surface area contributed by atoms with Gasteiger partial charge < -0.3 is 9.64 Å². The van der Waals surface area contributed by atoms with Crippen molar-refractivity contribution in [2.24, 2.45) is 5.92 Å². The fraction of sp³-hybridized carbons (Fsp3) is 0.476. The fourth-order valence-corrected chi connectivity index (χ4v) is 4.91. The summed E-state index contributed by atoms with van der Waals surface area (Å²) in [7, 11) is 0. The Kier molecular flexibility index (Phi) is 5.38. The van der Waals surface area contributed by atoms with Crippen LogP contribution in [0.1, 0.15) is 26.5 Å². The zero-order chi connectivity index (χ0) is 17.9. The molecule has 1 aromatic carbocycles. The predicted molar refractivity (Wildman–Crippen MR) is 105 cm³/mol. The number of hydrogen-bond donors (Lipinski definition) is 0. The number of hydrogen-bond acceptors (Lipinski definition) is 4. The highest BCUT2D eigenvalue weighted by molar-refractivity contribution is 7.13. The number of piperidine rings is 1. The van der Waals surface area contributed by atoms with Gasteiger partial charge in [0.25, 0.3) is 5.91 Å². The topological polar surface area (TPSA) is 32.8 Å². The van der Waals surface area contributed by atoms with Crippen LogP contribution < -0.4 is 0 Å². The van der Waals surface area contributed by atoms with Gasteiger partial charge in [0.15, 0.2) is 0 Å². The molecule has 1 aromatic heterocycles. The van der Waals surface area contributed by atoms with Crippen molar-refractivity contribution in [1.82, 2.24) is 9.80 Å². The number of rotatable bonds is 3. The SMILES string of the molecule is Cc1ccc(C(=O)N2CC[C@@H]3COCCN(Cc4ccccc4)[C@@H]3C2)s1. The molecular weight excluding hydrogens is 344 g/mol. The number of carbonyl (C=O) groups excluding carboxylic acids is 1. The lowest BCUT2D eigenvalue weighted by atomic mass is 9.90. The summed E-state index contributed by atoms with van der Waals surface area (Å²) < 4.78 is 5.87. The van der Waals surface area contributed by atoms with E-state index in [-0.39, 0.29) is 5.91 Å². The predicted octanol–water partition coefficient (Wildman–Crippen LogP) is 3.42. The molecule has 2 aliphatic rings. The largest absolute Gasteiger partial charge is 0.380 e. The van der Waals surface area contributed by atoms with Gasteiger partial charge in [-0.15, -0.1) is 11.3 Å². The van der Waals surface area contributed by atoms with E-state index in [1.54, 1.807) is 11.3 Å². The summed E-state index contributed by atoms with van der Waals surface area (Å²) >= 11 is 1.60. The van der Waals surface area contributed by atoms with Gasteiger partial charge in [0, 0.05) is 43.0 Å². The standard InChI is InChI=1S/C21H26N2O2S/c1-16-7-8-20(26-16)21(24)23-10-9-18-15-25-12-11-22(19(18)14-23)13-17-5-3-2-4-6-17/h2-8,18-19H,9-15H2,1H3/t18-,19-/m1/s1. The number of ether oxygens (including phenoxy) is 1. The summed E-state index contributed by atoms with van der Waals surface area (Å²) in [5.74, 6) is 0.696. The average Bonchev–Trinajstić information content (AvgIpc) is 3.01. The Balaban J connectivity index is 1.51. The maximum Gasteiger partial charge on any atom is 0.263 e. The molecule has 0 aliphatic carbocycles. The summed E-state index contributed by atoms with van der Waals surface area (Å²) in [5, 5.41) is 0. The van der Waals surface area contributed by atoms with Crippen LogP contribution in [0.3, 0.4) is 0 Å². The molecule has 4 nitrogen and oxygen atoms in total. The summed E-state index contributed by atoms with van der Waals surface area (Å²) in [4.78, 5) is 19.5. The summed E-state index contributed by atoms with van der Waals surface area (Å²) in [5.41, 5.74) is 1.32. The highest BCUT2D eigenvalue weighted by Crippen LogP contribution is 2.28. The molecule has 3 heterocycles. The highest BCUT2D eigenvalue weighted by atomic mass is 32.1. The van der Waals surface area contributed by atoms with Crippen molar-refractivity contribution in [2.45, 2.75) is 25.9 Å². The summed E-state index contributed by atoms with van der Waals surface area (Å²) in [6.07, 6.45) is 1.02. The summed E-state index contributed by atoms with van der Waals surface area (Å²) in [6, 6.07) is 15.0. The molecular formula is C21H26N2O2S. The van der Waals surface area contributed by atoms with Crippen molar-refractivity contribution in [3.63, 3.8) is 0 Å². The zero-order valence-corrected chi connectivity index (χ0v) is 16.1. The molecule has 4 rings (SSSR count). The molecule has 0 N–H and O–H groups in total. The van der Waals surface area contributed by atoms with Gasteiger partial charge >= 0.3 is 0 Å². The number of benzene rings is 1. The molecule has 26 heavy (non-hydrogen) atoms. The van der Waals surface area contributed by atoms with Gasteiger partial charge in [0.05, 0.1) is 18.1 Å². The van der Waals surface area contributed by atoms with Crippen molar-refractivity contribution in [3.8, 4) is 0 Å². The first-order chi connectivity index (χ1) is 12.7. The quantitative estimate of drug-likeness (QED) is 0.830. The first kappa shape index (κ1) is 17.7. The van der Waals surface area contributed by atoms with Crippen LogP contribution in [0.25, 0.3) is 0 Å². The van der Waals surface area contributed by atoms with Gasteiger partial charge in [-0.25, -0.2) is 0 Å². The molecule has 0 bridgehead atoms. The van der Waals surface area contributed by atoms with Crippen molar-refractivity contribution < 1.29 is 9.53 Å². The molecule has 2 aliphatic heterocycles. The van der Waals surface area contributed by atoms with E-state index in [1.807, 2.05) is 12.1 Å². The van der Waals surface area contributed by atoms with Crippen molar-refractivity contribution in [2.75, 3.05) is 32.8 Å². The lowest BCUT2D eigenvalue weighted by Gasteiger charge is -2.42. The minimum Gasteiger partial charge on any atom is -0.380 e. The van der Waals surface area contributed by atoms with Gasteiger partial charge in [-0.05, 0) is 31.0 Å². The number of aryl methyl sites for hydroxylation is 1. The van der Waals surface area contributed by atoms with E-state index in [0.29, 0.717) is 12.0 Å². The number of thiophene rings is 1. The van der Waals surface area contributed by atoms with E-state index >= 15 is 0 Å². The van der Waals surface area contributed by atoms with Gasteiger partial charge in [-0.3, -0.25) is 9.69 Å². The Morgan fingerprint density at radius 2 is 2.04 bits per heavy atom. The third-order valence-electron chi connectivity index (χ3n) is 5.51. The van der Waals surface area contributed by atoms with Crippen LogP contribution in [-0.2, 0) is 11.3 Å². The number of amides is 1. The first-order valence-electron chi connectivity index (χ1n) is 9.42. The van der Waals surface area contributed by atoms with Crippen molar-refractivity contribution in [1.29, 1.82) is 0 Å². The molecule has 2 atom stereocenters. The molecule has 2 aromatic rings. The van der Waals surface area contributed by atoms with Gasteiger partial charge in [-0.2, -0.15) is 0 Å². The molecule has 2 saturated heterocycles. The third-order valence-corrected chi connectivity index (χ3v) is 6.50. The molecule has 5 heteroatoms. The van der Waals surface area contributed by atoms with Gasteiger partial charge in [0.1, 0.15) is 0 Å². The lowest BCUT2D eigenvalue weighted by Crippen LogP contribution is -2.54. The van der Waals surface area contributed by atoms with Crippen LogP contribution in [0, 0.1) is 12.8 Å². The Bertz CT molecular complexity index is 745. The van der Waals surface area contributed by atoms with Crippen LogP contribution in [0.15, 0.2) is 42.5 Å². The molecule has 1 amide bonds. The second-order valence-corrected chi connectivity index (χ2v) is 8.60. The molecule has 0 radical (unpaired) electrons. The van der Waals surface area contributed by atoms with Crippen molar-refractivity contribution in [3.05, 3.63) is 57.8 Å². The molecule has 0 spiro atoms. The van der Waals surface area contributed by atoms with E-state index in [1.165, 1.54) is 10.4 Å². The highest BCUT2D eigenvalue weighted by Gasteiger charge is 2.37. The molecule has 138 valence electrons. The fourth-order valence-electron chi connectivity index (χ4n) is 4.07. The maximum atomic E-state index is 12.9. The van der Waals surface area contributed by atoms with Crippen LogP contribution in [0.4, 0.5) is 0 Å². The number of fused-ring (bicyclic) bond motifs is 1. The lowest BCUT2D eigenvalue weighted by molar-refractivity contribution is 0.0374. The minimum atomic E-state index is 0.186. The van der Waals surface area contributed by atoms with Gasteiger partial charge in [-0.1, -0.05) is 30.3 Å². The Labute approximate surface area is 159 Å². The Morgan fingerprint density at radius 3 is 2.81 bits per heavy atom. The van der Waals surface area contributed by atoms with Crippen LogP contribution >= 0.6 is 11.3 Å². The van der Waals surface area contributed by atoms with Crippen LogP contribution in [0.5, 0.6) is 0 Å².